The van der Waals surface area contributed by atoms with Crippen LogP contribution in [0.2, 0.25) is 0 Å². The van der Waals surface area contributed by atoms with Crippen LogP contribution in [0.25, 0.3) is 0 Å². The number of carbonyl (C=O) groups excluding carboxylic acids is 1. The molecular formula is C10H19NO7. The molecular weight excluding hydrogens is 246 g/mol. The summed E-state index contributed by atoms with van der Waals surface area (Å²) in [5, 5.41) is 30.8. The molecule has 1 fully saturated rings. The van der Waals surface area contributed by atoms with E-state index < -0.39 is 43.4 Å². The van der Waals surface area contributed by atoms with Gasteiger partial charge in [-0.05, 0) is 6.92 Å². The fourth-order valence-electron chi connectivity index (χ4n) is 1.68. The molecule has 106 valence electrons. The number of rotatable bonds is 4. The summed E-state index contributed by atoms with van der Waals surface area (Å²) in [5.74, 6) is 0. The van der Waals surface area contributed by atoms with Gasteiger partial charge in [-0.2, -0.15) is 0 Å². The number of hydrogen-bond donors (Lipinski definition) is 4. The number of nitrogens with one attached hydrogen (secondary N) is 1. The lowest BCUT2D eigenvalue weighted by Gasteiger charge is -2.40. The number of aliphatic hydroxyl groups is 3. The Morgan fingerprint density at radius 1 is 1.39 bits per heavy atom. The van der Waals surface area contributed by atoms with E-state index in [1.807, 2.05) is 0 Å². The zero-order valence-electron chi connectivity index (χ0n) is 10.3. The quantitative estimate of drug-likeness (QED) is 0.473. The Morgan fingerprint density at radius 3 is 2.56 bits per heavy atom. The van der Waals surface area contributed by atoms with E-state index in [1.165, 1.54) is 7.11 Å². The van der Waals surface area contributed by atoms with Crippen LogP contribution in [0.5, 0.6) is 0 Å². The highest BCUT2D eigenvalue weighted by Gasteiger charge is 2.46. The van der Waals surface area contributed by atoms with Gasteiger partial charge >= 0.3 is 6.09 Å². The fraction of sp³-hybridized carbons (Fsp3) is 0.900. The van der Waals surface area contributed by atoms with E-state index in [0.29, 0.717) is 6.54 Å². The molecule has 1 heterocycles. The van der Waals surface area contributed by atoms with Gasteiger partial charge in [-0.25, -0.2) is 4.79 Å². The third kappa shape index (κ3) is 3.30. The van der Waals surface area contributed by atoms with Gasteiger partial charge in [0, 0.05) is 13.7 Å². The first kappa shape index (κ1) is 15.1. The van der Waals surface area contributed by atoms with Crippen LogP contribution in [0.3, 0.4) is 0 Å². The van der Waals surface area contributed by atoms with E-state index >= 15 is 0 Å². The Labute approximate surface area is 104 Å². The number of hydrogen-bond acceptors (Lipinski definition) is 7. The minimum absolute atomic E-state index is 0.363. The maximum atomic E-state index is 11.3. The van der Waals surface area contributed by atoms with Crippen molar-refractivity contribution in [2.45, 2.75) is 37.6 Å². The Bertz CT molecular complexity index is 273. The van der Waals surface area contributed by atoms with Gasteiger partial charge in [0.05, 0.1) is 6.61 Å². The highest BCUT2D eigenvalue weighted by Crippen LogP contribution is 2.23. The average molecular weight is 265 g/mol. The number of ether oxygens (including phenoxy) is 3. The molecule has 0 aliphatic carbocycles. The summed E-state index contributed by atoms with van der Waals surface area (Å²) in [7, 11) is 1.30. The lowest BCUT2D eigenvalue weighted by molar-refractivity contribution is -0.293. The highest BCUT2D eigenvalue weighted by atomic mass is 16.7. The second-order valence-corrected chi connectivity index (χ2v) is 3.84. The van der Waals surface area contributed by atoms with Crippen molar-refractivity contribution in [3.63, 3.8) is 0 Å². The van der Waals surface area contributed by atoms with Gasteiger partial charge in [0.1, 0.15) is 18.3 Å². The second-order valence-electron chi connectivity index (χ2n) is 3.84. The summed E-state index contributed by atoms with van der Waals surface area (Å²) >= 11 is 0. The highest BCUT2D eigenvalue weighted by molar-refractivity contribution is 5.67. The lowest BCUT2D eigenvalue weighted by Crippen LogP contribution is -2.60. The van der Waals surface area contributed by atoms with Crippen LogP contribution < -0.4 is 5.32 Å². The first-order valence-electron chi connectivity index (χ1n) is 5.64. The fourth-order valence-corrected chi connectivity index (χ4v) is 1.68. The molecule has 0 aromatic rings. The first-order chi connectivity index (χ1) is 8.54. The number of amides is 1. The Kier molecular flexibility index (Phi) is 5.76. The van der Waals surface area contributed by atoms with Crippen LogP contribution in [0.15, 0.2) is 0 Å². The molecule has 0 radical (unpaired) electrons. The maximum Gasteiger partial charge on any atom is 0.407 e. The molecule has 18 heavy (non-hydrogen) atoms. The van der Waals surface area contributed by atoms with Gasteiger partial charge in [-0.15, -0.1) is 0 Å². The van der Waals surface area contributed by atoms with Crippen LogP contribution in [-0.2, 0) is 14.2 Å². The molecule has 0 aromatic heterocycles. The maximum absolute atomic E-state index is 11.3. The van der Waals surface area contributed by atoms with Gasteiger partial charge in [0.15, 0.2) is 12.4 Å². The van der Waals surface area contributed by atoms with Gasteiger partial charge in [0.25, 0.3) is 0 Å². The van der Waals surface area contributed by atoms with E-state index in [2.05, 4.69) is 5.32 Å². The van der Waals surface area contributed by atoms with Crippen molar-refractivity contribution in [2.24, 2.45) is 0 Å². The normalized spacial score (nSPS) is 36.2. The largest absolute Gasteiger partial charge is 0.438 e. The number of methoxy groups -OCH3 is 1. The summed E-state index contributed by atoms with van der Waals surface area (Å²) in [6.07, 6.45) is -6.72. The van der Waals surface area contributed by atoms with Crippen molar-refractivity contribution >= 4 is 6.09 Å². The molecule has 0 saturated carbocycles. The van der Waals surface area contributed by atoms with Crippen molar-refractivity contribution in [2.75, 3.05) is 20.3 Å². The summed E-state index contributed by atoms with van der Waals surface area (Å²) in [5.41, 5.74) is 0. The van der Waals surface area contributed by atoms with Crippen LogP contribution in [-0.4, -0.2) is 72.4 Å². The average Bonchev–Trinajstić information content (AvgIpc) is 2.36. The third-order valence-corrected chi connectivity index (χ3v) is 2.62. The molecule has 0 spiro atoms. The van der Waals surface area contributed by atoms with Crippen molar-refractivity contribution < 1.29 is 34.3 Å². The summed E-state index contributed by atoms with van der Waals surface area (Å²) < 4.78 is 15.0. The predicted octanol–water partition coefficient (Wildman–Crippen LogP) is -1.81. The SMILES string of the molecule is CCNC(=O)O[C@H]1[C@@H](OC)O[C@H](CO)[C@@H](O)[C@@H]1O. The van der Waals surface area contributed by atoms with Gasteiger partial charge < -0.3 is 34.8 Å². The Morgan fingerprint density at radius 2 is 2.06 bits per heavy atom. The summed E-state index contributed by atoms with van der Waals surface area (Å²) in [6.45, 7) is 1.59. The molecule has 0 bridgehead atoms. The van der Waals surface area contributed by atoms with Gasteiger partial charge in [0.2, 0.25) is 0 Å². The third-order valence-electron chi connectivity index (χ3n) is 2.62. The zero-order valence-corrected chi connectivity index (χ0v) is 10.3. The van der Waals surface area contributed by atoms with Gasteiger partial charge in [-0.1, -0.05) is 0 Å². The van der Waals surface area contributed by atoms with Crippen molar-refractivity contribution in [3.8, 4) is 0 Å². The smallest absolute Gasteiger partial charge is 0.407 e. The van der Waals surface area contributed by atoms with Crippen LogP contribution >= 0.6 is 0 Å². The molecule has 0 aromatic carbocycles. The molecule has 4 N–H and O–H groups in total. The van der Waals surface area contributed by atoms with Crippen LogP contribution in [0, 0.1) is 0 Å². The van der Waals surface area contributed by atoms with Crippen LogP contribution in [0.1, 0.15) is 6.92 Å². The Balaban J connectivity index is 2.71. The Hall–Kier alpha value is -0.930. The van der Waals surface area contributed by atoms with E-state index in [1.54, 1.807) is 6.92 Å². The molecule has 1 aliphatic heterocycles. The molecule has 1 saturated heterocycles. The minimum Gasteiger partial charge on any atom is -0.438 e. The molecule has 8 heteroatoms. The molecule has 0 unspecified atom stereocenters. The predicted molar refractivity (Wildman–Crippen MR) is 58.7 cm³/mol. The zero-order chi connectivity index (χ0) is 13.7. The summed E-state index contributed by atoms with van der Waals surface area (Å²) in [6, 6.07) is 0. The monoisotopic (exact) mass is 265 g/mol. The van der Waals surface area contributed by atoms with E-state index in [4.69, 9.17) is 19.3 Å². The van der Waals surface area contributed by atoms with Crippen LogP contribution in [0.4, 0.5) is 4.79 Å². The van der Waals surface area contributed by atoms with E-state index in [9.17, 15) is 15.0 Å². The molecule has 1 aliphatic rings. The molecule has 5 atom stereocenters. The minimum atomic E-state index is -1.40. The number of carbonyl (C=O) groups is 1. The standard InChI is InChI=1S/C10H19NO7/c1-3-11-10(15)18-8-7(14)6(13)5(4-12)17-9(8)16-2/h5-9,12-14H,3-4H2,1-2H3,(H,11,15)/t5-,6-,7+,8-,9+/m1/s1. The number of alkyl carbamates (subject to hydrolysis) is 1. The van der Waals surface area contributed by atoms with Crippen molar-refractivity contribution in [1.82, 2.24) is 5.32 Å². The molecule has 1 rings (SSSR count). The van der Waals surface area contributed by atoms with Crippen molar-refractivity contribution in [3.05, 3.63) is 0 Å². The van der Waals surface area contributed by atoms with E-state index in [0.717, 1.165) is 0 Å². The topological polar surface area (TPSA) is 117 Å². The first-order valence-corrected chi connectivity index (χ1v) is 5.64. The summed E-state index contributed by atoms with van der Waals surface area (Å²) in [4.78, 5) is 11.3. The van der Waals surface area contributed by atoms with Gasteiger partial charge in [-0.3, -0.25) is 0 Å². The second kappa shape index (κ2) is 6.86. The molecule has 1 amide bonds. The van der Waals surface area contributed by atoms with E-state index in [-0.39, 0.29) is 0 Å². The molecule has 8 nitrogen and oxygen atoms in total. The lowest BCUT2D eigenvalue weighted by atomic mass is 9.99. The number of aliphatic hydroxyl groups excluding tert-OH is 3. The van der Waals surface area contributed by atoms with Crippen molar-refractivity contribution in [1.29, 1.82) is 0 Å².